The third-order valence-electron chi connectivity index (χ3n) is 3.21. The molecule has 0 radical (unpaired) electrons. The van der Waals surface area contributed by atoms with Crippen molar-refractivity contribution in [2.75, 3.05) is 23.5 Å². The van der Waals surface area contributed by atoms with Crippen LogP contribution in [-0.2, 0) is 0 Å². The number of halogens is 1. The van der Waals surface area contributed by atoms with Gasteiger partial charge in [0.1, 0.15) is 6.73 Å². The molecule has 0 aliphatic carbocycles. The van der Waals surface area contributed by atoms with Gasteiger partial charge in [-0.2, -0.15) is 20.3 Å². The fourth-order valence-electron chi connectivity index (χ4n) is 2.17. The van der Waals surface area contributed by atoms with Crippen LogP contribution in [0.2, 0.25) is 5.02 Å². The highest BCUT2D eigenvalue weighted by Gasteiger charge is 2.15. The summed E-state index contributed by atoms with van der Waals surface area (Å²) in [6.07, 6.45) is 0.859. The van der Waals surface area contributed by atoms with Crippen LogP contribution in [0.25, 0.3) is 11.2 Å². The number of hydrogen-bond donors (Lipinski definition) is 3. The minimum atomic E-state index is -0.173. The molecular weight excluding hydrogens is 318 g/mol. The minimum Gasteiger partial charge on any atom is -0.376 e. The van der Waals surface area contributed by atoms with Gasteiger partial charge in [0, 0.05) is 17.3 Å². The average molecular weight is 334 g/mol. The second kappa shape index (κ2) is 6.76. The second-order valence-corrected chi connectivity index (χ2v) is 5.34. The fourth-order valence-corrected chi connectivity index (χ4v) is 2.36. The van der Waals surface area contributed by atoms with Gasteiger partial charge in [0.25, 0.3) is 0 Å². The standard InChI is InChI=1S/C14H16ClN7O/c1-2-6-22(8-23)14-17-12(11-13(18-14)20-21-19-11)16-10-5-3-4-9(15)7-10/h3-5,7,23H,2,6,8H2,1H3,(H2,16,17,18,19,20,21). The maximum atomic E-state index is 9.51. The van der Waals surface area contributed by atoms with Crippen molar-refractivity contribution in [1.29, 1.82) is 0 Å². The summed E-state index contributed by atoms with van der Waals surface area (Å²) in [5.74, 6) is 0.885. The number of H-pyrrole nitrogens is 1. The second-order valence-electron chi connectivity index (χ2n) is 4.91. The van der Waals surface area contributed by atoms with Gasteiger partial charge in [0.15, 0.2) is 11.3 Å². The molecule has 8 nitrogen and oxygen atoms in total. The summed E-state index contributed by atoms with van der Waals surface area (Å²) in [4.78, 5) is 10.5. The van der Waals surface area contributed by atoms with Gasteiger partial charge in [0.05, 0.1) is 0 Å². The third kappa shape index (κ3) is 3.33. The van der Waals surface area contributed by atoms with Gasteiger partial charge >= 0.3 is 0 Å². The zero-order valence-electron chi connectivity index (χ0n) is 12.5. The Kier molecular flexibility index (Phi) is 4.54. The summed E-state index contributed by atoms with van der Waals surface area (Å²) in [7, 11) is 0. The fraction of sp³-hybridized carbons (Fsp3) is 0.286. The number of aliphatic hydroxyl groups excluding tert-OH is 1. The Balaban J connectivity index is 2.02. The number of aromatic amines is 1. The van der Waals surface area contributed by atoms with E-state index in [2.05, 4.69) is 30.7 Å². The minimum absolute atomic E-state index is 0.173. The molecule has 0 aliphatic rings. The molecular formula is C14H16ClN7O. The zero-order valence-corrected chi connectivity index (χ0v) is 13.2. The lowest BCUT2D eigenvalue weighted by molar-refractivity contribution is 0.288. The summed E-state index contributed by atoms with van der Waals surface area (Å²) in [5, 5.41) is 23.9. The van der Waals surface area contributed by atoms with Crippen molar-refractivity contribution >= 4 is 40.2 Å². The van der Waals surface area contributed by atoms with Crippen molar-refractivity contribution in [3.63, 3.8) is 0 Å². The number of aliphatic hydroxyl groups is 1. The molecule has 0 unspecified atom stereocenters. The molecule has 0 saturated heterocycles. The van der Waals surface area contributed by atoms with E-state index in [1.165, 1.54) is 0 Å². The molecule has 0 fully saturated rings. The molecule has 120 valence electrons. The summed E-state index contributed by atoms with van der Waals surface area (Å²) in [6.45, 7) is 2.48. The topological polar surface area (TPSA) is 103 Å². The van der Waals surface area contributed by atoms with Crippen LogP contribution in [0.5, 0.6) is 0 Å². The first kappa shape index (κ1) is 15.4. The van der Waals surface area contributed by atoms with Crippen LogP contribution in [0.1, 0.15) is 13.3 Å². The first-order chi connectivity index (χ1) is 11.2. The van der Waals surface area contributed by atoms with Crippen LogP contribution in [-0.4, -0.2) is 43.8 Å². The van der Waals surface area contributed by atoms with Gasteiger partial charge in [-0.05, 0) is 24.6 Å². The number of rotatable bonds is 6. The summed E-state index contributed by atoms with van der Waals surface area (Å²) in [6, 6.07) is 7.28. The third-order valence-corrected chi connectivity index (χ3v) is 3.44. The predicted octanol–water partition coefficient (Wildman–Crippen LogP) is 2.31. The summed E-state index contributed by atoms with van der Waals surface area (Å²) in [5.41, 5.74) is 1.72. The number of benzene rings is 1. The molecule has 9 heteroatoms. The van der Waals surface area contributed by atoms with E-state index in [1.54, 1.807) is 17.0 Å². The van der Waals surface area contributed by atoms with E-state index >= 15 is 0 Å². The first-order valence-corrected chi connectivity index (χ1v) is 7.56. The molecule has 2 aromatic heterocycles. The van der Waals surface area contributed by atoms with E-state index in [0.29, 0.717) is 34.5 Å². The van der Waals surface area contributed by atoms with Crippen LogP contribution < -0.4 is 10.2 Å². The maximum absolute atomic E-state index is 9.51. The van der Waals surface area contributed by atoms with Crippen molar-refractivity contribution in [3.05, 3.63) is 29.3 Å². The average Bonchev–Trinajstić information content (AvgIpc) is 3.01. The molecule has 3 aromatic rings. The quantitative estimate of drug-likeness (QED) is 0.595. The molecule has 2 heterocycles. The molecule has 0 saturated carbocycles. The molecule has 0 aliphatic heterocycles. The Hall–Kier alpha value is -2.45. The van der Waals surface area contributed by atoms with E-state index < -0.39 is 0 Å². The molecule has 1 aromatic carbocycles. The predicted molar refractivity (Wildman–Crippen MR) is 88.9 cm³/mol. The van der Waals surface area contributed by atoms with E-state index in [-0.39, 0.29) is 6.73 Å². The van der Waals surface area contributed by atoms with Gasteiger partial charge in [-0.15, -0.1) is 5.10 Å². The van der Waals surface area contributed by atoms with E-state index in [0.717, 1.165) is 12.1 Å². The highest BCUT2D eigenvalue weighted by molar-refractivity contribution is 6.30. The number of aromatic nitrogens is 5. The Labute approximate surface area is 137 Å². The summed E-state index contributed by atoms with van der Waals surface area (Å²) >= 11 is 6.01. The highest BCUT2D eigenvalue weighted by atomic mass is 35.5. The number of nitrogens with zero attached hydrogens (tertiary/aromatic N) is 5. The molecule has 3 N–H and O–H groups in total. The SMILES string of the molecule is CCCN(CO)c1nc(Nc2cccc(Cl)c2)c2n[nH]nc2n1. The van der Waals surface area contributed by atoms with E-state index in [1.807, 2.05) is 19.1 Å². The molecule has 3 rings (SSSR count). The number of anilines is 3. The largest absolute Gasteiger partial charge is 0.376 e. The van der Waals surface area contributed by atoms with Crippen LogP contribution in [0.4, 0.5) is 17.5 Å². The van der Waals surface area contributed by atoms with Gasteiger partial charge in [-0.3, -0.25) is 0 Å². The molecule has 23 heavy (non-hydrogen) atoms. The number of hydrogen-bond acceptors (Lipinski definition) is 7. The zero-order chi connectivity index (χ0) is 16.2. The first-order valence-electron chi connectivity index (χ1n) is 7.18. The Morgan fingerprint density at radius 2 is 2.17 bits per heavy atom. The van der Waals surface area contributed by atoms with Gasteiger partial charge in [-0.1, -0.05) is 24.6 Å². The van der Waals surface area contributed by atoms with E-state index in [4.69, 9.17) is 11.6 Å². The lowest BCUT2D eigenvalue weighted by atomic mass is 10.3. The van der Waals surface area contributed by atoms with Crippen LogP contribution in [0, 0.1) is 0 Å². The molecule has 0 atom stereocenters. The van der Waals surface area contributed by atoms with Crippen molar-refractivity contribution < 1.29 is 5.11 Å². The smallest absolute Gasteiger partial charge is 0.231 e. The summed E-state index contributed by atoms with van der Waals surface area (Å²) < 4.78 is 0. The monoisotopic (exact) mass is 333 g/mol. The van der Waals surface area contributed by atoms with Crippen LogP contribution >= 0.6 is 11.6 Å². The van der Waals surface area contributed by atoms with Crippen LogP contribution in [0.15, 0.2) is 24.3 Å². The van der Waals surface area contributed by atoms with Crippen molar-refractivity contribution in [1.82, 2.24) is 25.4 Å². The van der Waals surface area contributed by atoms with Crippen molar-refractivity contribution in [3.8, 4) is 0 Å². The Bertz CT molecular complexity index is 807. The lowest BCUT2D eigenvalue weighted by Gasteiger charge is -2.19. The maximum Gasteiger partial charge on any atom is 0.231 e. The Morgan fingerprint density at radius 1 is 1.30 bits per heavy atom. The van der Waals surface area contributed by atoms with Gasteiger partial charge in [0.2, 0.25) is 11.6 Å². The number of nitrogens with one attached hydrogen (secondary N) is 2. The van der Waals surface area contributed by atoms with Gasteiger partial charge < -0.3 is 15.3 Å². The molecule has 0 bridgehead atoms. The van der Waals surface area contributed by atoms with Crippen LogP contribution in [0.3, 0.4) is 0 Å². The van der Waals surface area contributed by atoms with Crippen molar-refractivity contribution in [2.24, 2.45) is 0 Å². The Morgan fingerprint density at radius 3 is 2.91 bits per heavy atom. The van der Waals surface area contributed by atoms with Gasteiger partial charge in [-0.25, -0.2) is 0 Å². The lowest BCUT2D eigenvalue weighted by Crippen LogP contribution is -2.27. The normalized spacial score (nSPS) is 10.9. The highest BCUT2D eigenvalue weighted by Crippen LogP contribution is 2.25. The van der Waals surface area contributed by atoms with E-state index in [9.17, 15) is 5.11 Å². The van der Waals surface area contributed by atoms with Crippen molar-refractivity contribution in [2.45, 2.75) is 13.3 Å². The molecule has 0 spiro atoms. The molecule has 0 amide bonds. The number of fused-ring (bicyclic) bond motifs is 1.